The fourth-order valence-electron chi connectivity index (χ4n) is 3.21. The fourth-order valence-corrected chi connectivity index (χ4v) is 6.16. The van der Waals surface area contributed by atoms with Crippen molar-refractivity contribution in [2.75, 3.05) is 23.6 Å². The first-order chi connectivity index (χ1) is 11.6. The minimum absolute atomic E-state index is 0.0626. The van der Waals surface area contributed by atoms with Crippen LogP contribution in [-0.4, -0.2) is 40.0 Å². The Morgan fingerprint density at radius 2 is 1.60 bits per heavy atom. The van der Waals surface area contributed by atoms with E-state index >= 15 is 0 Å². The van der Waals surface area contributed by atoms with Gasteiger partial charge in [-0.25, -0.2) is 16.8 Å². The van der Waals surface area contributed by atoms with Crippen LogP contribution in [0.3, 0.4) is 0 Å². The molecule has 0 bridgehead atoms. The van der Waals surface area contributed by atoms with Gasteiger partial charge in [-0.1, -0.05) is 27.2 Å². The van der Waals surface area contributed by atoms with E-state index in [-0.39, 0.29) is 10.6 Å². The second-order valence-corrected chi connectivity index (χ2v) is 10.8. The Bertz CT molecular complexity index is 763. The topological polar surface area (TPSA) is 83.5 Å². The van der Waals surface area contributed by atoms with Gasteiger partial charge in [-0.05, 0) is 48.9 Å². The van der Waals surface area contributed by atoms with Crippen molar-refractivity contribution < 1.29 is 16.8 Å². The van der Waals surface area contributed by atoms with Crippen molar-refractivity contribution in [2.45, 2.75) is 44.9 Å². The number of sulfonamides is 2. The SMILES string of the molecule is CCCCS(=O)(=O)Nc1ccc(S(=O)(=O)N2CC(C)CC(C)C2)cc1. The summed E-state index contributed by atoms with van der Waals surface area (Å²) >= 11 is 0. The van der Waals surface area contributed by atoms with Gasteiger partial charge in [0.25, 0.3) is 0 Å². The van der Waals surface area contributed by atoms with Crippen LogP contribution in [0.15, 0.2) is 29.2 Å². The molecule has 1 aliphatic rings. The van der Waals surface area contributed by atoms with Crippen molar-refractivity contribution in [3.8, 4) is 0 Å². The summed E-state index contributed by atoms with van der Waals surface area (Å²) < 4.78 is 53.5. The largest absolute Gasteiger partial charge is 0.284 e. The molecule has 8 heteroatoms. The number of nitrogens with one attached hydrogen (secondary N) is 1. The molecule has 0 spiro atoms. The Morgan fingerprint density at radius 1 is 1.04 bits per heavy atom. The number of unbranched alkanes of at least 4 members (excludes halogenated alkanes) is 1. The summed E-state index contributed by atoms with van der Waals surface area (Å²) in [5.41, 5.74) is 0.385. The highest BCUT2D eigenvalue weighted by molar-refractivity contribution is 7.92. The van der Waals surface area contributed by atoms with Gasteiger partial charge in [0.05, 0.1) is 10.6 Å². The summed E-state index contributed by atoms with van der Waals surface area (Å²) in [5, 5.41) is 0. The molecule has 0 amide bonds. The number of piperidine rings is 1. The van der Waals surface area contributed by atoms with E-state index in [9.17, 15) is 16.8 Å². The van der Waals surface area contributed by atoms with Gasteiger partial charge in [0.2, 0.25) is 20.0 Å². The first-order valence-corrected chi connectivity index (χ1v) is 11.8. The second-order valence-electron chi connectivity index (χ2n) is 7.07. The maximum absolute atomic E-state index is 12.8. The van der Waals surface area contributed by atoms with Crippen molar-refractivity contribution in [1.29, 1.82) is 0 Å². The number of benzene rings is 1. The third-order valence-electron chi connectivity index (χ3n) is 4.37. The van der Waals surface area contributed by atoms with Crippen LogP contribution in [0.5, 0.6) is 0 Å². The van der Waals surface area contributed by atoms with E-state index in [0.29, 0.717) is 37.0 Å². The first kappa shape index (κ1) is 20.2. The maximum atomic E-state index is 12.8. The lowest BCUT2D eigenvalue weighted by atomic mass is 9.94. The van der Waals surface area contributed by atoms with Gasteiger partial charge in [0, 0.05) is 18.8 Å². The highest BCUT2D eigenvalue weighted by atomic mass is 32.2. The normalized spacial score (nSPS) is 22.7. The first-order valence-electron chi connectivity index (χ1n) is 8.74. The molecule has 0 saturated carbocycles. The monoisotopic (exact) mass is 388 g/mol. The summed E-state index contributed by atoms with van der Waals surface area (Å²) in [4.78, 5) is 0.199. The van der Waals surface area contributed by atoms with Gasteiger partial charge >= 0.3 is 0 Å². The van der Waals surface area contributed by atoms with Crippen LogP contribution in [0.25, 0.3) is 0 Å². The molecule has 1 N–H and O–H groups in total. The molecule has 0 radical (unpaired) electrons. The predicted molar refractivity (Wildman–Crippen MR) is 100 cm³/mol. The summed E-state index contributed by atoms with van der Waals surface area (Å²) in [6.07, 6.45) is 2.42. The molecule has 1 saturated heterocycles. The molecule has 1 aromatic carbocycles. The number of rotatable bonds is 7. The smallest absolute Gasteiger partial charge is 0.243 e. The van der Waals surface area contributed by atoms with Gasteiger partial charge in [0.1, 0.15) is 0 Å². The van der Waals surface area contributed by atoms with Crippen molar-refractivity contribution >= 4 is 25.7 Å². The Labute approximate surface area is 151 Å². The Morgan fingerprint density at radius 3 is 2.12 bits per heavy atom. The van der Waals surface area contributed by atoms with E-state index in [4.69, 9.17) is 0 Å². The van der Waals surface area contributed by atoms with E-state index in [1.807, 2.05) is 6.92 Å². The third-order valence-corrected chi connectivity index (χ3v) is 7.59. The molecule has 1 fully saturated rings. The van der Waals surface area contributed by atoms with E-state index < -0.39 is 20.0 Å². The van der Waals surface area contributed by atoms with Crippen LogP contribution < -0.4 is 4.72 Å². The molecular weight excluding hydrogens is 360 g/mol. The fraction of sp³-hybridized carbons (Fsp3) is 0.647. The van der Waals surface area contributed by atoms with Crippen LogP contribution in [0.2, 0.25) is 0 Å². The van der Waals surface area contributed by atoms with Gasteiger partial charge in [-0.2, -0.15) is 4.31 Å². The molecule has 1 heterocycles. The molecule has 25 heavy (non-hydrogen) atoms. The van der Waals surface area contributed by atoms with Crippen molar-refractivity contribution in [2.24, 2.45) is 11.8 Å². The summed E-state index contributed by atoms with van der Waals surface area (Å²) in [6.45, 7) is 7.10. The van der Waals surface area contributed by atoms with Gasteiger partial charge < -0.3 is 0 Å². The van der Waals surface area contributed by atoms with Crippen molar-refractivity contribution in [3.05, 3.63) is 24.3 Å². The van der Waals surface area contributed by atoms with E-state index in [1.54, 1.807) is 0 Å². The highest BCUT2D eigenvalue weighted by Gasteiger charge is 2.31. The van der Waals surface area contributed by atoms with Gasteiger partial charge in [-0.15, -0.1) is 0 Å². The summed E-state index contributed by atoms with van der Waals surface area (Å²) in [6, 6.07) is 5.95. The molecular formula is C17H28N2O4S2. The lowest BCUT2D eigenvalue weighted by Crippen LogP contribution is -2.42. The lowest BCUT2D eigenvalue weighted by Gasteiger charge is -2.34. The van der Waals surface area contributed by atoms with E-state index in [2.05, 4.69) is 18.6 Å². The van der Waals surface area contributed by atoms with Crippen LogP contribution in [0, 0.1) is 11.8 Å². The Kier molecular flexibility index (Phi) is 6.51. The molecule has 2 unspecified atom stereocenters. The minimum Gasteiger partial charge on any atom is -0.284 e. The number of nitrogens with zero attached hydrogens (tertiary/aromatic N) is 1. The second kappa shape index (κ2) is 8.05. The number of hydrogen-bond acceptors (Lipinski definition) is 4. The molecule has 2 atom stereocenters. The van der Waals surface area contributed by atoms with E-state index in [0.717, 1.165) is 12.8 Å². The lowest BCUT2D eigenvalue weighted by molar-refractivity contribution is 0.222. The molecule has 1 aliphatic heterocycles. The molecule has 2 rings (SSSR count). The van der Waals surface area contributed by atoms with Crippen LogP contribution in [-0.2, 0) is 20.0 Å². The van der Waals surface area contributed by atoms with Gasteiger partial charge in [-0.3, -0.25) is 4.72 Å². The Balaban J connectivity index is 2.13. The Hall–Kier alpha value is -1.12. The van der Waals surface area contributed by atoms with Crippen LogP contribution >= 0.6 is 0 Å². The minimum atomic E-state index is -3.55. The zero-order chi connectivity index (χ0) is 18.7. The predicted octanol–water partition coefficient (Wildman–Crippen LogP) is 2.90. The highest BCUT2D eigenvalue weighted by Crippen LogP contribution is 2.27. The molecule has 0 aromatic heterocycles. The van der Waals surface area contributed by atoms with Crippen LogP contribution in [0.4, 0.5) is 5.69 Å². The zero-order valence-corrected chi connectivity index (χ0v) is 16.7. The average Bonchev–Trinajstić information content (AvgIpc) is 2.52. The third kappa shape index (κ3) is 5.43. The molecule has 6 nitrogen and oxygen atoms in total. The van der Waals surface area contributed by atoms with Crippen molar-refractivity contribution in [3.63, 3.8) is 0 Å². The summed E-state index contributed by atoms with van der Waals surface area (Å²) in [7, 11) is -6.94. The maximum Gasteiger partial charge on any atom is 0.243 e. The quantitative estimate of drug-likeness (QED) is 0.778. The molecule has 0 aliphatic carbocycles. The van der Waals surface area contributed by atoms with Crippen molar-refractivity contribution in [1.82, 2.24) is 4.31 Å². The average molecular weight is 389 g/mol. The number of hydrogen-bond donors (Lipinski definition) is 1. The zero-order valence-electron chi connectivity index (χ0n) is 15.1. The molecule has 142 valence electrons. The standard InChI is InChI=1S/C17H28N2O4S2/c1-4-5-10-24(20,21)18-16-6-8-17(9-7-16)25(22,23)19-12-14(2)11-15(3)13-19/h6-9,14-15,18H,4-5,10-13H2,1-3H3. The molecule has 1 aromatic rings. The van der Waals surface area contributed by atoms with Crippen LogP contribution in [0.1, 0.15) is 40.0 Å². The summed E-state index contributed by atoms with van der Waals surface area (Å²) in [5.74, 6) is 0.735. The van der Waals surface area contributed by atoms with Gasteiger partial charge in [0.15, 0.2) is 0 Å². The number of anilines is 1. The van der Waals surface area contributed by atoms with E-state index in [1.165, 1.54) is 28.6 Å².